The maximum absolute atomic E-state index is 3.83. The highest BCUT2D eigenvalue weighted by atomic mass is 79.9. The number of aryl methyl sites for hydroxylation is 2. The summed E-state index contributed by atoms with van der Waals surface area (Å²) in [5.74, 6) is 0. The largest absolute Gasteiger partial charge is 0.0616 e. The number of benzene rings is 4. The normalized spacial score (nSPS) is 13.1. The molecule has 0 heterocycles. The highest BCUT2D eigenvalue weighted by Gasteiger charge is 2.17. The molecule has 0 unspecified atom stereocenters. The third kappa shape index (κ3) is 1.90. The van der Waals surface area contributed by atoms with Crippen molar-refractivity contribution < 1.29 is 0 Å². The Morgan fingerprint density at radius 1 is 0.609 bits per heavy atom. The third-order valence-electron chi connectivity index (χ3n) is 5.02. The molecule has 0 aliphatic heterocycles. The van der Waals surface area contributed by atoms with Crippen molar-refractivity contribution in [2.24, 2.45) is 0 Å². The van der Waals surface area contributed by atoms with Crippen LogP contribution in [0.2, 0.25) is 0 Å². The van der Waals surface area contributed by atoms with E-state index in [4.69, 9.17) is 0 Å². The average molecular weight is 359 g/mol. The van der Waals surface area contributed by atoms with E-state index in [2.05, 4.69) is 82.7 Å². The maximum Gasteiger partial charge on any atom is 0.0332 e. The number of hydrogen-bond donors (Lipinski definition) is 0. The molecule has 0 amide bonds. The second kappa shape index (κ2) is 4.94. The van der Waals surface area contributed by atoms with E-state index in [9.17, 15) is 0 Å². The van der Waals surface area contributed by atoms with Gasteiger partial charge in [-0.15, -0.1) is 0 Å². The van der Waals surface area contributed by atoms with E-state index >= 15 is 0 Å². The molecule has 1 aliphatic rings. The summed E-state index contributed by atoms with van der Waals surface area (Å²) < 4.78 is 1.19. The summed E-state index contributed by atoms with van der Waals surface area (Å²) >= 11 is 3.83. The number of rotatable bonds is 1. The fourth-order valence-corrected chi connectivity index (χ4v) is 4.43. The molecule has 0 nitrogen and oxygen atoms in total. The maximum atomic E-state index is 3.83. The summed E-state index contributed by atoms with van der Waals surface area (Å²) in [7, 11) is 0. The Bertz CT molecular complexity index is 1020. The van der Waals surface area contributed by atoms with Crippen LogP contribution in [0, 0.1) is 0 Å². The first-order valence-electron chi connectivity index (χ1n) is 8.04. The van der Waals surface area contributed by atoms with Crippen molar-refractivity contribution in [1.29, 1.82) is 0 Å². The summed E-state index contributed by atoms with van der Waals surface area (Å²) in [6.45, 7) is 0. The van der Waals surface area contributed by atoms with Gasteiger partial charge in [0.15, 0.2) is 0 Å². The zero-order valence-corrected chi connectivity index (χ0v) is 14.2. The molecule has 0 fully saturated rings. The topological polar surface area (TPSA) is 0 Å². The summed E-state index contributed by atoms with van der Waals surface area (Å²) in [6.07, 6.45) is 2.45. The zero-order chi connectivity index (χ0) is 15.4. The van der Waals surface area contributed by atoms with E-state index < -0.39 is 0 Å². The van der Waals surface area contributed by atoms with Crippen LogP contribution in [0.1, 0.15) is 11.1 Å². The lowest BCUT2D eigenvalue weighted by Gasteiger charge is -2.21. The van der Waals surface area contributed by atoms with Crippen LogP contribution in [0.25, 0.3) is 32.7 Å². The molecular weight excluding hydrogens is 344 g/mol. The van der Waals surface area contributed by atoms with Crippen LogP contribution in [0.15, 0.2) is 71.2 Å². The minimum atomic E-state index is 1.19. The Balaban J connectivity index is 1.97. The number of fused-ring (bicyclic) bond motifs is 3. The van der Waals surface area contributed by atoms with Gasteiger partial charge in [0.25, 0.3) is 0 Å². The van der Waals surface area contributed by atoms with Crippen LogP contribution in [0.3, 0.4) is 0 Å². The van der Waals surface area contributed by atoms with Crippen molar-refractivity contribution in [2.75, 3.05) is 0 Å². The quantitative estimate of drug-likeness (QED) is 0.339. The van der Waals surface area contributed by atoms with Crippen LogP contribution >= 0.6 is 15.9 Å². The molecule has 0 bridgehead atoms. The van der Waals surface area contributed by atoms with Gasteiger partial charge in [0.2, 0.25) is 0 Å². The molecule has 0 radical (unpaired) electrons. The zero-order valence-electron chi connectivity index (χ0n) is 12.6. The molecule has 0 saturated carbocycles. The molecule has 0 saturated heterocycles. The molecule has 4 aromatic carbocycles. The van der Waals surface area contributed by atoms with Crippen LogP contribution in [0.4, 0.5) is 0 Å². The Morgan fingerprint density at radius 3 is 1.70 bits per heavy atom. The summed E-state index contributed by atoms with van der Waals surface area (Å²) in [5, 5.41) is 5.20. The van der Waals surface area contributed by atoms with Gasteiger partial charge < -0.3 is 0 Å². The fourth-order valence-electron chi connectivity index (χ4n) is 3.74. The smallest absolute Gasteiger partial charge is 0.0332 e. The van der Waals surface area contributed by atoms with Crippen LogP contribution < -0.4 is 0 Å². The predicted molar refractivity (Wildman–Crippen MR) is 102 cm³/mol. The molecular formula is C22H15Br. The lowest BCUT2D eigenvalue weighted by Crippen LogP contribution is -2.07. The first-order chi connectivity index (χ1) is 11.3. The molecule has 1 heteroatoms. The SMILES string of the molecule is Brc1c2ccccc2c(-c2ccc3c(c2)CC3)c2ccccc12. The summed E-state index contributed by atoms with van der Waals surface area (Å²) in [5.41, 5.74) is 5.72. The van der Waals surface area contributed by atoms with Gasteiger partial charge in [0, 0.05) is 4.47 Å². The minimum absolute atomic E-state index is 1.19. The fraction of sp³-hybridized carbons (Fsp3) is 0.0909. The Hall–Kier alpha value is -2.12. The molecule has 0 N–H and O–H groups in total. The van der Waals surface area contributed by atoms with Crippen LogP contribution in [0.5, 0.6) is 0 Å². The van der Waals surface area contributed by atoms with E-state index in [0.717, 1.165) is 0 Å². The Kier molecular flexibility index (Phi) is 2.86. The molecule has 110 valence electrons. The van der Waals surface area contributed by atoms with E-state index in [-0.39, 0.29) is 0 Å². The molecule has 1 aliphatic carbocycles. The van der Waals surface area contributed by atoms with Gasteiger partial charge in [-0.25, -0.2) is 0 Å². The molecule has 4 aromatic rings. The van der Waals surface area contributed by atoms with Gasteiger partial charge in [-0.2, -0.15) is 0 Å². The first kappa shape index (κ1) is 13.3. The first-order valence-corrected chi connectivity index (χ1v) is 8.83. The van der Waals surface area contributed by atoms with Gasteiger partial charge >= 0.3 is 0 Å². The van der Waals surface area contributed by atoms with Crippen LogP contribution in [-0.2, 0) is 12.8 Å². The Morgan fingerprint density at radius 2 is 1.17 bits per heavy atom. The van der Waals surface area contributed by atoms with Crippen molar-refractivity contribution in [3.8, 4) is 11.1 Å². The second-order valence-corrected chi connectivity index (χ2v) is 7.06. The lowest BCUT2D eigenvalue weighted by molar-refractivity contribution is 0.840. The van der Waals surface area contributed by atoms with E-state index in [1.807, 2.05) is 0 Å². The second-order valence-electron chi connectivity index (χ2n) is 6.26. The number of hydrogen-bond acceptors (Lipinski definition) is 0. The van der Waals surface area contributed by atoms with E-state index in [0.29, 0.717) is 0 Å². The van der Waals surface area contributed by atoms with Gasteiger partial charge in [-0.3, -0.25) is 0 Å². The summed E-state index contributed by atoms with van der Waals surface area (Å²) in [4.78, 5) is 0. The predicted octanol–water partition coefficient (Wildman–Crippen LogP) is 6.52. The molecule has 23 heavy (non-hydrogen) atoms. The van der Waals surface area contributed by atoms with Crippen molar-refractivity contribution in [3.63, 3.8) is 0 Å². The lowest BCUT2D eigenvalue weighted by atomic mass is 9.84. The highest BCUT2D eigenvalue weighted by molar-refractivity contribution is 9.10. The van der Waals surface area contributed by atoms with Crippen LogP contribution in [-0.4, -0.2) is 0 Å². The standard InChI is InChI=1S/C22H15Br/c23-22-19-7-3-1-5-17(19)21(18-6-2-4-8-20(18)22)16-12-10-14-9-11-15(14)13-16/h1-8,10,12-13H,9,11H2. The number of halogens is 1. The van der Waals surface area contributed by atoms with E-state index in [1.54, 1.807) is 0 Å². The molecule has 0 spiro atoms. The van der Waals surface area contributed by atoms with Gasteiger partial charge in [0.05, 0.1) is 0 Å². The van der Waals surface area contributed by atoms with Gasteiger partial charge in [-0.05, 0) is 72.6 Å². The molecule has 5 rings (SSSR count). The highest BCUT2D eigenvalue weighted by Crippen LogP contribution is 2.42. The van der Waals surface area contributed by atoms with Crippen molar-refractivity contribution in [2.45, 2.75) is 12.8 Å². The molecule has 0 atom stereocenters. The van der Waals surface area contributed by atoms with Gasteiger partial charge in [0.1, 0.15) is 0 Å². The van der Waals surface area contributed by atoms with E-state index in [1.165, 1.54) is 61.1 Å². The summed E-state index contributed by atoms with van der Waals surface area (Å²) in [6, 6.07) is 24.4. The third-order valence-corrected chi connectivity index (χ3v) is 5.88. The minimum Gasteiger partial charge on any atom is -0.0616 e. The van der Waals surface area contributed by atoms with Gasteiger partial charge in [-0.1, -0.05) is 66.7 Å². The monoisotopic (exact) mass is 358 g/mol. The molecule has 0 aromatic heterocycles. The van der Waals surface area contributed by atoms with Crippen molar-refractivity contribution in [3.05, 3.63) is 82.3 Å². The average Bonchev–Trinajstić information content (AvgIpc) is 2.57. The van der Waals surface area contributed by atoms with Crippen molar-refractivity contribution >= 4 is 37.5 Å². The van der Waals surface area contributed by atoms with Crippen molar-refractivity contribution in [1.82, 2.24) is 0 Å². The Labute approximate surface area is 143 Å².